The van der Waals surface area contributed by atoms with E-state index in [4.69, 9.17) is 0 Å². The summed E-state index contributed by atoms with van der Waals surface area (Å²) < 4.78 is 2.57. The van der Waals surface area contributed by atoms with Crippen molar-refractivity contribution in [3.8, 4) is 0 Å². The number of fused-ring (bicyclic) bond motifs is 1. The summed E-state index contributed by atoms with van der Waals surface area (Å²) in [6.07, 6.45) is 2.53. The first kappa shape index (κ1) is 14.1. The summed E-state index contributed by atoms with van der Waals surface area (Å²) in [5.41, 5.74) is 2.06. The van der Waals surface area contributed by atoms with Crippen LogP contribution in [0.2, 0.25) is 0 Å². The zero-order valence-electron chi connectivity index (χ0n) is 12.2. The van der Waals surface area contributed by atoms with Crippen LogP contribution in [0.4, 0.5) is 5.69 Å². The van der Waals surface area contributed by atoms with Crippen LogP contribution in [0.5, 0.6) is 0 Å². The molecular formula is C16H16N4O2. The van der Waals surface area contributed by atoms with Crippen molar-refractivity contribution < 1.29 is 4.79 Å². The van der Waals surface area contributed by atoms with Crippen molar-refractivity contribution in [1.29, 1.82) is 0 Å². The Bertz CT molecular complexity index is 879. The van der Waals surface area contributed by atoms with Crippen molar-refractivity contribution in [1.82, 2.24) is 14.2 Å². The van der Waals surface area contributed by atoms with Gasteiger partial charge in [0.05, 0.1) is 0 Å². The molecule has 0 saturated carbocycles. The van der Waals surface area contributed by atoms with Crippen LogP contribution >= 0.6 is 0 Å². The molecule has 2 aromatic heterocycles. The summed E-state index contributed by atoms with van der Waals surface area (Å²) in [5.74, 6) is -0.279. The fraction of sp³-hybridized carbons (Fsp3) is 0.188. The quantitative estimate of drug-likeness (QED) is 0.796. The Morgan fingerprint density at radius 1 is 1.23 bits per heavy atom. The molecule has 1 aromatic carbocycles. The third kappa shape index (κ3) is 2.76. The van der Waals surface area contributed by atoms with Crippen LogP contribution in [-0.2, 0) is 17.8 Å². The number of benzene rings is 1. The van der Waals surface area contributed by atoms with Gasteiger partial charge in [-0.15, -0.1) is 5.10 Å². The number of pyridine rings is 1. The van der Waals surface area contributed by atoms with Gasteiger partial charge in [0.1, 0.15) is 6.54 Å². The van der Waals surface area contributed by atoms with Gasteiger partial charge in [-0.25, -0.2) is 9.48 Å². The lowest BCUT2D eigenvalue weighted by molar-refractivity contribution is -0.117. The topological polar surface area (TPSA) is 68.4 Å². The van der Waals surface area contributed by atoms with Gasteiger partial charge in [-0.3, -0.25) is 9.20 Å². The predicted octanol–water partition coefficient (Wildman–Crippen LogP) is 1.70. The Morgan fingerprint density at radius 2 is 2.09 bits per heavy atom. The Balaban J connectivity index is 1.78. The number of hydrogen-bond donors (Lipinski definition) is 1. The summed E-state index contributed by atoms with van der Waals surface area (Å²) in [5, 5.41) is 6.92. The molecule has 0 atom stereocenters. The third-order valence-electron chi connectivity index (χ3n) is 3.40. The Labute approximate surface area is 127 Å². The van der Waals surface area contributed by atoms with E-state index in [-0.39, 0.29) is 18.1 Å². The first-order chi connectivity index (χ1) is 10.7. The normalized spacial score (nSPS) is 10.8. The first-order valence-electron chi connectivity index (χ1n) is 7.10. The number of aryl methyl sites for hydroxylation is 1. The zero-order valence-corrected chi connectivity index (χ0v) is 12.2. The summed E-state index contributed by atoms with van der Waals surface area (Å²) >= 11 is 0. The molecule has 0 unspecified atom stereocenters. The van der Waals surface area contributed by atoms with E-state index >= 15 is 0 Å². The van der Waals surface area contributed by atoms with E-state index in [0.717, 1.165) is 22.4 Å². The molecule has 3 aromatic rings. The Hall–Kier alpha value is -2.89. The molecule has 6 heteroatoms. The number of rotatable bonds is 4. The lowest BCUT2D eigenvalue weighted by Crippen LogP contribution is -2.28. The van der Waals surface area contributed by atoms with Gasteiger partial charge in [0.15, 0.2) is 5.65 Å². The lowest BCUT2D eigenvalue weighted by atomic mass is 10.1. The third-order valence-corrected chi connectivity index (χ3v) is 3.40. The highest BCUT2D eigenvalue weighted by Gasteiger charge is 2.10. The molecule has 0 aliphatic carbocycles. The van der Waals surface area contributed by atoms with Gasteiger partial charge in [-0.2, -0.15) is 0 Å². The van der Waals surface area contributed by atoms with E-state index in [0.29, 0.717) is 5.65 Å². The fourth-order valence-corrected chi connectivity index (χ4v) is 2.28. The Kier molecular flexibility index (Phi) is 3.74. The second kappa shape index (κ2) is 5.85. The van der Waals surface area contributed by atoms with E-state index in [1.54, 1.807) is 24.4 Å². The number of amides is 1. The minimum atomic E-state index is -0.326. The van der Waals surface area contributed by atoms with Crippen molar-refractivity contribution in [2.45, 2.75) is 19.9 Å². The van der Waals surface area contributed by atoms with E-state index in [1.165, 1.54) is 4.40 Å². The van der Waals surface area contributed by atoms with E-state index in [9.17, 15) is 9.59 Å². The highest BCUT2D eigenvalue weighted by molar-refractivity contribution is 5.90. The summed E-state index contributed by atoms with van der Waals surface area (Å²) in [7, 11) is 0. The molecule has 2 heterocycles. The van der Waals surface area contributed by atoms with Gasteiger partial charge in [0.2, 0.25) is 5.91 Å². The van der Waals surface area contributed by atoms with Crippen LogP contribution in [0.25, 0.3) is 5.65 Å². The van der Waals surface area contributed by atoms with Gasteiger partial charge in [0.25, 0.3) is 0 Å². The molecule has 1 amide bonds. The monoisotopic (exact) mass is 296 g/mol. The minimum absolute atomic E-state index is 0.114. The second-order valence-corrected chi connectivity index (χ2v) is 4.97. The predicted molar refractivity (Wildman–Crippen MR) is 83.9 cm³/mol. The maximum atomic E-state index is 12.1. The molecule has 1 N–H and O–H groups in total. The molecule has 112 valence electrons. The smallest absolute Gasteiger partial charge is 0.324 e. The number of hydrogen-bond acceptors (Lipinski definition) is 3. The van der Waals surface area contributed by atoms with Crippen LogP contribution in [0.15, 0.2) is 53.5 Å². The Morgan fingerprint density at radius 3 is 2.86 bits per heavy atom. The van der Waals surface area contributed by atoms with Crippen LogP contribution in [0, 0.1) is 0 Å². The van der Waals surface area contributed by atoms with Crippen molar-refractivity contribution >= 4 is 17.2 Å². The second-order valence-electron chi connectivity index (χ2n) is 4.97. The average molecular weight is 296 g/mol. The molecule has 0 aliphatic rings. The van der Waals surface area contributed by atoms with Crippen molar-refractivity contribution in [3.05, 3.63) is 64.7 Å². The highest BCUT2D eigenvalue weighted by Crippen LogP contribution is 2.11. The SMILES string of the molecule is CCc1cccc(NC(=O)Cn2nc3ccccn3c2=O)c1. The molecule has 3 rings (SSSR count). The van der Waals surface area contributed by atoms with Gasteiger partial charge in [-0.1, -0.05) is 25.1 Å². The molecular weight excluding hydrogens is 280 g/mol. The van der Waals surface area contributed by atoms with Gasteiger partial charge in [0, 0.05) is 11.9 Å². The summed E-state index contributed by atoms with van der Waals surface area (Å²) in [6.45, 7) is 1.94. The number of carbonyl (C=O) groups excluding carboxylic acids is 1. The van der Waals surface area contributed by atoms with Gasteiger partial charge in [-0.05, 0) is 36.2 Å². The molecule has 0 aliphatic heterocycles. The van der Waals surface area contributed by atoms with Gasteiger partial charge < -0.3 is 5.32 Å². The maximum Gasteiger partial charge on any atom is 0.350 e. The van der Waals surface area contributed by atoms with E-state index in [2.05, 4.69) is 17.3 Å². The summed E-state index contributed by atoms with van der Waals surface area (Å²) in [4.78, 5) is 24.2. The number of nitrogens with zero attached hydrogens (tertiary/aromatic N) is 3. The first-order valence-corrected chi connectivity index (χ1v) is 7.10. The summed E-state index contributed by atoms with van der Waals surface area (Å²) in [6, 6.07) is 12.9. The number of carbonyl (C=O) groups is 1. The fourth-order valence-electron chi connectivity index (χ4n) is 2.28. The van der Waals surface area contributed by atoms with Crippen LogP contribution in [0.1, 0.15) is 12.5 Å². The van der Waals surface area contributed by atoms with Crippen molar-refractivity contribution in [2.75, 3.05) is 5.32 Å². The van der Waals surface area contributed by atoms with Crippen molar-refractivity contribution in [2.24, 2.45) is 0 Å². The zero-order chi connectivity index (χ0) is 15.5. The average Bonchev–Trinajstić information content (AvgIpc) is 2.84. The minimum Gasteiger partial charge on any atom is -0.324 e. The maximum absolute atomic E-state index is 12.1. The van der Waals surface area contributed by atoms with Crippen molar-refractivity contribution in [3.63, 3.8) is 0 Å². The number of nitrogens with one attached hydrogen (secondary N) is 1. The molecule has 0 spiro atoms. The molecule has 0 fully saturated rings. The number of aromatic nitrogens is 3. The largest absolute Gasteiger partial charge is 0.350 e. The molecule has 0 saturated heterocycles. The van der Waals surface area contributed by atoms with Gasteiger partial charge >= 0.3 is 5.69 Å². The molecule has 0 radical (unpaired) electrons. The van der Waals surface area contributed by atoms with Crippen LogP contribution in [-0.4, -0.2) is 20.1 Å². The lowest BCUT2D eigenvalue weighted by Gasteiger charge is -2.06. The van der Waals surface area contributed by atoms with E-state index in [1.807, 2.05) is 24.3 Å². The molecule has 0 bridgehead atoms. The highest BCUT2D eigenvalue weighted by atomic mass is 16.2. The standard InChI is InChI=1S/C16H16N4O2/c1-2-12-6-5-7-13(10-12)17-15(21)11-20-16(22)19-9-4-3-8-14(19)18-20/h3-10H,2,11H2,1H3,(H,17,21). The van der Waals surface area contributed by atoms with Crippen LogP contribution < -0.4 is 11.0 Å². The van der Waals surface area contributed by atoms with E-state index < -0.39 is 0 Å². The number of anilines is 1. The molecule has 6 nitrogen and oxygen atoms in total. The van der Waals surface area contributed by atoms with Crippen LogP contribution in [0.3, 0.4) is 0 Å². The molecule has 22 heavy (non-hydrogen) atoms.